The summed E-state index contributed by atoms with van der Waals surface area (Å²) in [4.78, 5) is 2.89. The molecule has 1 heterocycles. The summed E-state index contributed by atoms with van der Waals surface area (Å²) in [5, 5.41) is 12.8. The van der Waals surface area contributed by atoms with Gasteiger partial charge in [-0.15, -0.1) is 11.3 Å². The van der Waals surface area contributed by atoms with E-state index in [4.69, 9.17) is 0 Å². The van der Waals surface area contributed by atoms with Crippen LogP contribution in [-0.4, -0.2) is 17.8 Å². The molecule has 0 bridgehead atoms. The molecule has 1 fully saturated rings. The third-order valence-electron chi connectivity index (χ3n) is 3.38. The van der Waals surface area contributed by atoms with Gasteiger partial charge in [-0.1, -0.05) is 6.92 Å². The Morgan fingerprint density at radius 2 is 2.25 bits per heavy atom. The summed E-state index contributed by atoms with van der Waals surface area (Å²) in [6, 6.07) is 4.91. The van der Waals surface area contributed by atoms with Crippen LogP contribution in [0.4, 0.5) is 0 Å². The van der Waals surface area contributed by atoms with Gasteiger partial charge < -0.3 is 10.4 Å². The summed E-state index contributed by atoms with van der Waals surface area (Å²) in [7, 11) is 0. The van der Waals surface area contributed by atoms with Crippen LogP contribution in [-0.2, 0) is 6.42 Å². The second kappa shape index (κ2) is 5.30. The normalized spacial score (nSPS) is 26.4. The summed E-state index contributed by atoms with van der Waals surface area (Å²) in [6.07, 6.45) is 3.05. The van der Waals surface area contributed by atoms with E-state index < -0.39 is 0 Å². The van der Waals surface area contributed by atoms with Crippen LogP contribution in [0.3, 0.4) is 0 Å². The highest BCUT2D eigenvalue weighted by atomic mass is 32.1. The van der Waals surface area contributed by atoms with Gasteiger partial charge in [-0.2, -0.15) is 0 Å². The van der Waals surface area contributed by atoms with E-state index in [0.717, 1.165) is 25.8 Å². The first kappa shape index (κ1) is 12.1. The molecule has 1 unspecified atom stereocenters. The molecule has 0 saturated heterocycles. The Balaban J connectivity index is 1.76. The second-order valence-corrected chi connectivity index (χ2v) is 5.98. The second-order valence-electron chi connectivity index (χ2n) is 4.78. The third kappa shape index (κ3) is 2.84. The zero-order valence-corrected chi connectivity index (χ0v) is 10.9. The predicted octanol–water partition coefficient (Wildman–Crippen LogP) is 2.73. The van der Waals surface area contributed by atoms with E-state index in [9.17, 15) is 5.11 Å². The Bertz CT molecular complexity index is 330. The quantitative estimate of drug-likeness (QED) is 0.828. The van der Waals surface area contributed by atoms with E-state index >= 15 is 0 Å². The van der Waals surface area contributed by atoms with Crippen LogP contribution in [0.25, 0.3) is 0 Å². The van der Waals surface area contributed by atoms with Crippen LogP contribution in [0.1, 0.15) is 42.5 Å². The molecule has 2 rings (SSSR count). The SMILES string of the molecule is CCc1ccc(C(C)NCC2CC(O)C2)s1. The Labute approximate surface area is 102 Å². The maximum atomic E-state index is 9.21. The van der Waals surface area contributed by atoms with E-state index in [1.165, 1.54) is 9.75 Å². The molecule has 0 amide bonds. The molecular weight excluding hydrogens is 218 g/mol. The lowest BCUT2D eigenvalue weighted by atomic mass is 9.82. The van der Waals surface area contributed by atoms with Crippen molar-refractivity contribution < 1.29 is 5.11 Å². The van der Waals surface area contributed by atoms with E-state index in [2.05, 4.69) is 31.3 Å². The smallest absolute Gasteiger partial charge is 0.0546 e. The lowest BCUT2D eigenvalue weighted by Gasteiger charge is -2.32. The van der Waals surface area contributed by atoms with Gasteiger partial charge in [0.05, 0.1) is 6.10 Å². The highest BCUT2D eigenvalue weighted by Crippen LogP contribution is 2.28. The third-order valence-corrected chi connectivity index (χ3v) is 4.79. The standard InChI is InChI=1S/C13H21NOS/c1-3-12-4-5-13(16-12)9(2)14-8-10-6-11(15)7-10/h4-5,9-11,14-15H,3,6-8H2,1-2H3. The predicted molar refractivity (Wildman–Crippen MR) is 68.8 cm³/mol. The van der Waals surface area contributed by atoms with Crippen LogP contribution >= 0.6 is 11.3 Å². The van der Waals surface area contributed by atoms with Crippen LogP contribution in [0.5, 0.6) is 0 Å². The molecule has 2 N–H and O–H groups in total. The fraction of sp³-hybridized carbons (Fsp3) is 0.692. The minimum Gasteiger partial charge on any atom is -0.393 e. The Morgan fingerprint density at radius 1 is 1.50 bits per heavy atom. The van der Waals surface area contributed by atoms with Gasteiger partial charge >= 0.3 is 0 Å². The lowest BCUT2D eigenvalue weighted by molar-refractivity contribution is 0.0421. The van der Waals surface area contributed by atoms with Crippen LogP contribution in [0.15, 0.2) is 12.1 Å². The fourth-order valence-corrected chi connectivity index (χ4v) is 3.11. The topological polar surface area (TPSA) is 32.3 Å². The average molecular weight is 239 g/mol. The van der Waals surface area contributed by atoms with Gasteiger partial charge in [0.2, 0.25) is 0 Å². The lowest BCUT2D eigenvalue weighted by Crippen LogP contribution is -2.36. The van der Waals surface area contributed by atoms with Gasteiger partial charge in [0.1, 0.15) is 0 Å². The van der Waals surface area contributed by atoms with Crippen molar-refractivity contribution >= 4 is 11.3 Å². The molecule has 16 heavy (non-hydrogen) atoms. The Hall–Kier alpha value is -0.380. The minimum absolute atomic E-state index is 0.0319. The molecule has 3 heteroatoms. The molecule has 0 aromatic carbocycles. The molecule has 1 aliphatic carbocycles. The number of hydrogen-bond acceptors (Lipinski definition) is 3. The molecule has 0 radical (unpaired) electrons. The number of nitrogens with one attached hydrogen (secondary N) is 1. The Morgan fingerprint density at radius 3 is 2.81 bits per heavy atom. The molecule has 1 saturated carbocycles. The molecule has 1 atom stereocenters. The highest BCUT2D eigenvalue weighted by molar-refractivity contribution is 7.12. The largest absolute Gasteiger partial charge is 0.393 e. The average Bonchev–Trinajstić information content (AvgIpc) is 2.70. The number of thiophene rings is 1. The first-order chi connectivity index (χ1) is 7.69. The van der Waals surface area contributed by atoms with E-state index in [1.54, 1.807) is 0 Å². The van der Waals surface area contributed by atoms with Crippen molar-refractivity contribution in [2.24, 2.45) is 5.92 Å². The van der Waals surface area contributed by atoms with Gasteiger partial charge in [0.15, 0.2) is 0 Å². The zero-order valence-electron chi connectivity index (χ0n) is 10.1. The van der Waals surface area contributed by atoms with Crippen molar-refractivity contribution in [3.63, 3.8) is 0 Å². The number of aryl methyl sites for hydroxylation is 1. The van der Waals surface area contributed by atoms with Crippen LogP contribution in [0.2, 0.25) is 0 Å². The minimum atomic E-state index is -0.0319. The van der Waals surface area contributed by atoms with Gasteiger partial charge in [-0.05, 0) is 50.8 Å². The zero-order chi connectivity index (χ0) is 11.5. The van der Waals surface area contributed by atoms with Gasteiger partial charge in [0, 0.05) is 15.8 Å². The molecular formula is C13H21NOS. The molecule has 1 aromatic rings. The number of rotatable bonds is 5. The monoisotopic (exact) mass is 239 g/mol. The van der Waals surface area contributed by atoms with Crippen molar-refractivity contribution in [1.82, 2.24) is 5.32 Å². The van der Waals surface area contributed by atoms with Gasteiger partial charge in [-0.25, -0.2) is 0 Å². The maximum absolute atomic E-state index is 9.21. The number of aliphatic hydroxyl groups is 1. The summed E-state index contributed by atoms with van der Waals surface area (Å²) in [5.41, 5.74) is 0. The molecule has 90 valence electrons. The van der Waals surface area contributed by atoms with Crippen molar-refractivity contribution in [2.45, 2.75) is 45.3 Å². The van der Waals surface area contributed by atoms with Crippen LogP contribution in [0, 0.1) is 5.92 Å². The molecule has 0 spiro atoms. The van der Waals surface area contributed by atoms with Crippen molar-refractivity contribution in [1.29, 1.82) is 0 Å². The van der Waals surface area contributed by atoms with Gasteiger partial charge in [0.25, 0.3) is 0 Å². The molecule has 1 aliphatic rings. The summed E-state index contributed by atoms with van der Waals surface area (Å²) in [6.45, 7) is 5.46. The first-order valence-corrected chi connectivity index (χ1v) is 7.00. The van der Waals surface area contributed by atoms with Crippen molar-refractivity contribution in [3.05, 3.63) is 21.9 Å². The number of hydrogen-bond donors (Lipinski definition) is 2. The fourth-order valence-electron chi connectivity index (χ4n) is 2.13. The summed E-state index contributed by atoms with van der Waals surface area (Å²) in [5.74, 6) is 0.683. The van der Waals surface area contributed by atoms with Crippen molar-refractivity contribution in [3.8, 4) is 0 Å². The van der Waals surface area contributed by atoms with Crippen molar-refractivity contribution in [2.75, 3.05) is 6.54 Å². The molecule has 0 aliphatic heterocycles. The van der Waals surface area contributed by atoms with E-state index in [0.29, 0.717) is 12.0 Å². The molecule has 2 nitrogen and oxygen atoms in total. The number of aliphatic hydroxyl groups excluding tert-OH is 1. The van der Waals surface area contributed by atoms with Crippen LogP contribution < -0.4 is 5.32 Å². The van der Waals surface area contributed by atoms with E-state index in [-0.39, 0.29) is 6.10 Å². The van der Waals surface area contributed by atoms with E-state index in [1.807, 2.05) is 11.3 Å². The highest BCUT2D eigenvalue weighted by Gasteiger charge is 2.27. The summed E-state index contributed by atoms with van der Waals surface area (Å²) >= 11 is 1.91. The molecule has 1 aromatic heterocycles. The van der Waals surface area contributed by atoms with Gasteiger partial charge in [-0.3, -0.25) is 0 Å². The summed E-state index contributed by atoms with van der Waals surface area (Å²) < 4.78 is 0. The maximum Gasteiger partial charge on any atom is 0.0546 e. The Kier molecular flexibility index (Phi) is 4.00. The first-order valence-electron chi connectivity index (χ1n) is 6.19.